The van der Waals surface area contributed by atoms with Crippen LogP contribution in [-0.2, 0) is 0 Å². The van der Waals surface area contributed by atoms with E-state index in [2.05, 4.69) is 20.9 Å². The van der Waals surface area contributed by atoms with Crippen LogP contribution in [0.2, 0.25) is 0 Å². The number of para-hydroxylation sites is 1. The van der Waals surface area contributed by atoms with Gasteiger partial charge in [-0.15, -0.1) is 0 Å². The van der Waals surface area contributed by atoms with E-state index in [4.69, 9.17) is 0 Å². The van der Waals surface area contributed by atoms with Gasteiger partial charge in [-0.05, 0) is 35.0 Å². The highest BCUT2D eigenvalue weighted by Gasteiger charge is 2.16. The van der Waals surface area contributed by atoms with Crippen molar-refractivity contribution in [2.45, 2.75) is 6.92 Å². The Morgan fingerprint density at radius 2 is 2.00 bits per heavy atom. The van der Waals surface area contributed by atoms with E-state index in [0.717, 1.165) is 15.7 Å². The monoisotopic (exact) mass is 292 g/mol. The van der Waals surface area contributed by atoms with Gasteiger partial charge in [0, 0.05) is 28.0 Å². The molecule has 1 aromatic carbocycles. The van der Waals surface area contributed by atoms with Crippen molar-refractivity contribution >= 4 is 21.6 Å². The maximum Gasteiger partial charge on any atom is 0.277 e. The molecule has 17 heavy (non-hydrogen) atoms. The van der Waals surface area contributed by atoms with Gasteiger partial charge in [-0.1, -0.05) is 12.1 Å². The van der Waals surface area contributed by atoms with E-state index in [9.17, 15) is 10.1 Å². The zero-order chi connectivity index (χ0) is 12.4. The summed E-state index contributed by atoms with van der Waals surface area (Å²) in [5.74, 6) is 0. The fourth-order valence-corrected chi connectivity index (χ4v) is 2.04. The maximum absolute atomic E-state index is 11.0. The summed E-state index contributed by atoms with van der Waals surface area (Å²) in [5, 5.41) is 11.0. The normalized spacial score (nSPS) is 10.2. The molecule has 0 spiro atoms. The van der Waals surface area contributed by atoms with Crippen LogP contribution in [0.3, 0.4) is 0 Å². The van der Waals surface area contributed by atoms with E-state index in [0.29, 0.717) is 5.56 Å². The molecule has 0 aliphatic carbocycles. The number of rotatable bonds is 2. The first-order valence-electron chi connectivity index (χ1n) is 4.95. The molecule has 86 valence electrons. The number of aromatic nitrogens is 1. The lowest BCUT2D eigenvalue weighted by Gasteiger charge is -2.06. The van der Waals surface area contributed by atoms with Crippen LogP contribution in [0, 0.1) is 17.0 Å². The van der Waals surface area contributed by atoms with Crippen molar-refractivity contribution in [3.05, 3.63) is 56.8 Å². The molecule has 0 atom stereocenters. The largest absolute Gasteiger partial charge is 0.277 e. The summed E-state index contributed by atoms with van der Waals surface area (Å²) >= 11 is 3.37. The van der Waals surface area contributed by atoms with E-state index in [1.807, 2.05) is 13.0 Å². The summed E-state index contributed by atoms with van der Waals surface area (Å²) in [5.41, 5.74) is 2.29. The van der Waals surface area contributed by atoms with Gasteiger partial charge in [-0.25, -0.2) is 0 Å². The second-order valence-electron chi connectivity index (χ2n) is 3.58. The van der Waals surface area contributed by atoms with Crippen LogP contribution in [0.5, 0.6) is 0 Å². The topological polar surface area (TPSA) is 56.0 Å². The highest BCUT2D eigenvalue weighted by Crippen LogP contribution is 2.34. The summed E-state index contributed by atoms with van der Waals surface area (Å²) in [4.78, 5) is 14.7. The lowest BCUT2D eigenvalue weighted by atomic mass is 10.0. The van der Waals surface area contributed by atoms with Gasteiger partial charge in [-0.3, -0.25) is 15.1 Å². The molecule has 4 nitrogen and oxygen atoms in total. The molecule has 2 aromatic rings. The third-order valence-corrected chi connectivity index (χ3v) is 3.01. The molecule has 0 radical (unpaired) electrons. The molecule has 0 fully saturated rings. The van der Waals surface area contributed by atoms with Gasteiger partial charge in [0.1, 0.15) is 0 Å². The highest BCUT2D eigenvalue weighted by atomic mass is 79.9. The number of halogens is 1. The standard InChI is InChI=1S/C12H9BrN2O2/c1-8-6-10(11(13)7-14-8)9-4-2-3-5-12(9)15(16)17/h2-7H,1H3. The summed E-state index contributed by atoms with van der Waals surface area (Å²) < 4.78 is 0.748. The smallest absolute Gasteiger partial charge is 0.260 e. The predicted octanol–water partition coefficient (Wildman–Crippen LogP) is 3.73. The molecule has 0 aliphatic heterocycles. The third kappa shape index (κ3) is 2.34. The average Bonchev–Trinajstić information content (AvgIpc) is 2.32. The van der Waals surface area contributed by atoms with E-state index < -0.39 is 0 Å². The SMILES string of the molecule is Cc1cc(-c2ccccc2[N+](=O)[O-])c(Br)cn1. The Balaban J connectivity index is 2.68. The van der Waals surface area contributed by atoms with Crippen molar-refractivity contribution < 1.29 is 4.92 Å². The third-order valence-electron chi connectivity index (χ3n) is 2.38. The van der Waals surface area contributed by atoms with Gasteiger partial charge in [0.2, 0.25) is 0 Å². The molecule has 0 saturated carbocycles. The summed E-state index contributed by atoms with van der Waals surface area (Å²) in [6.07, 6.45) is 1.65. The van der Waals surface area contributed by atoms with E-state index in [-0.39, 0.29) is 10.6 Å². The minimum absolute atomic E-state index is 0.0961. The number of benzene rings is 1. The summed E-state index contributed by atoms with van der Waals surface area (Å²) in [6, 6.07) is 8.50. The quantitative estimate of drug-likeness (QED) is 0.626. The molecule has 0 bridgehead atoms. The van der Waals surface area contributed by atoms with Crippen molar-refractivity contribution in [2.24, 2.45) is 0 Å². The number of nitrogens with zero attached hydrogens (tertiary/aromatic N) is 2. The Kier molecular flexibility index (Phi) is 3.19. The predicted molar refractivity (Wildman–Crippen MR) is 68.8 cm³/mol. The molecular formula is C12H9BrN2O2. The van der Waals surface area contributed by atoms with Crippen LogP contribution < -0.4 is 0 Å². The van der Waals surface area contributed by atoms with Crippen LogP contribution >= 0.6 is 15.9 Å². The number of nitro benzene ring substituents is 1. The Bertz CT molecular complexity index is 584. The number of hydrogen-bond donors (Lipinski definition) is 0. The Labute approximate surface area is 107 Å². The summed E-state index contributed by atoms with van der Waals surface area (Å²) in [6.45, 7) is 1.85. The van der Waals surface area contributed by atoms with Gasteiger partial charge >= 0.3 is 0 Å². The number of hydrogen-bond acceptors (Lipinski definition) is 3. The second kappa shape index (κ2) is 4.63. The Morgan fingerprint density at radius 3 is 2.71 bits per heavy atom. The first kappa shape index (κ1) is 11.7. The zero-order valence-corrected chi connectivity index (χ0v) is 10.6. The molecule has 2 rings (SSSR count). The second-order valence-corrected chi connectivity index (χ2v) is 4.43. The van der Waals surface area contributed by atoms with Crippen LogP contribution in [0.15, 0.2) is 41.0 Å². The van der Waals surface area contributed by atoms with Crippen molar-refractivity contribution in [3.8, 4) is 11.1 Å². The van der Waals surface area contributed by atoms with Crippen LogP contribution in [-0.4, -0.2) is 9.91 Å². The van der Waals surface area contributed by atoms with E-state index in [1.54, 1.807) is 24.4 Å². The molecule has 0 amide bonds. The van der Waals surface area contributed by atoms with Crippen molar-refractivity contribution in [1.82, 2.24) is 4.98 Å². The first-order chi connectivity index (χ1) is 8.09. The van der Waals surface area contributed by atoms with E-state index in [1.165, 1.54) is 6.07 Å². The number of pyridine rings is 1. The molecule has 0 aliphatic rings. The van der Waals surface area contributed by atoms with Crippen molar-refractivity contribution in [3.63, 3.8) is 0 Å². The molecule has 1 aromatic heterocycles. The first-order valence-corrected chi connectivity index (χ1v) is 5.75. The van der Waals surface area contributed by atoms with Gasteiger partial charge in [0.05, 0.1) is 10.5 Å². The van der Waals surface area contributed by atoms with Crippen LogP contribution in [0.4, 0.5) is 5.69 Å². The molecule has 0 unspecified atom stereocenters. The fourth-order valence-electron chi connectivity index (χ4n) is 1.61. The average molecular weight is 293 g/mol. The lowest BCUT2D eigenvalue weighted by Crippen LogP contribution is -1.93. The maximum atomic E-state index is 11.0. The Morgan fingerprint density at radius 1 is 1.29 bits per heavy atom. The van der Waals surface area contributed by atoms with Gasteiger partial charge < -0.3 is 0 Å². The van der Waals surface area contributed by atoms with Crippen molar-refractivity contribution in [1.29, 1.82) is 0 Å². The molecular weight excluding hydrogens is 284 g/mol. The van der Waals surface area contributed by atoms with Gasteiger partial charge in [0.25, 0.3) is 5.69 Å². The van der Waals surface area contributed by atoms with E-state index >= 15 is 0 Å². The minimum Gasteiger partial charge on any atom is -0.260 e. The van der Waals surface area contributed by atoms with Crippen molar-refractivity contribution in [2.75, 3.05) is 0 Å². The zero-order valence-electron chi connectivity index (χ0n) is 9.05. The van der Waals surface area contributed by atoms with Crippen LogP contribution in [0.1, 0.15) is 5.69 Å². The fraction of sp³-hybridized carbons (Fsp3) is 0.0833. The summed E-state index contributed by atoms with van der Waals surface area (Å²) in [7, 11) is 0. The van der Waals surface area contributed by atoms with Gasteiger partial charge in [0.15, 0.2) is 0 Å². The molecule has 1 heterocycles. The number of aryl methyl sites for hydroxylation is 1. The number of nitro groups is 1. The highest BCUT2D eigenvalue weighted by molar-refractivity contribution is 9.10. The molecule has 0 saturated heterocycles. The van der Waals surface area contributed by atoms with Gasteiger partial charge in [-0.2, -0.15) is 0 Å². The Hall–Kier alpha value is -1.75. The van der Waals surface area contributed by atoms with Crippen LogP contribution in [0.25, 0.3) is 11.1 Å². The molecule has 0 N–H and O–H groups in total. The minimum atomic E-state index is -0.377. The molecule has 5 heteroatoms. The lowest BCUT2D eigenvalue weighted by molar-refractivity contribution is -0.384.